The smallest absolute Gasteiger partial charge is 0.228 e. The Morgan fingerprint density at radius 1 is 1.33 bits per heavy atom. The van der Waals surface area contributed by atoms with Gasteiger partial charge in [-0.2, -0.15) is 4.98 Å². The average molecular weight is 352 g/mol. The predicted molar refractivity (Wildman–Crippen MR) is 88.2 cm³/mol. The van der Waals surface area contributed by atoms with Crippen molar-refractivity contribution in [3.63, 3.8) is 0 Å². The van der Waals surface area contributed by atoms with Gasteiger partial charge in [-0.25, -0.2) is 0 Å². The number of aryl methyl sites for hydroxylation is 1. The fraction of sp³-hybridized carbons (Fsp3) is 0.500. The molecule has 1 N–H and O–H groups in total. The van der Waals surface area contributed by atoms with E-state index >= 15 is 0 Å². The summed E-state index contributed by atoms with van der Waals surface area (Å²) in [5, 5.41) is 7.57. The van der Waals surface area contributed by atoms with Crippen molar-refractivity contribution < 1.29 is 4.52 Å². The van der Waals surface area contributed by atoms with Gasteiger partial charge in [0.15, 0.2) is 0 Å². The summed E-state index contributed by atoms with van der Waals surface area (Å²) in [4.78, 5) is 4.53. The van der Waals surface area contributed by atoms with Gasteiger partial charge in [-0.3, -0.25) is 0 Å². The van der Waals surface area contributed by atoms with Crippen LogP contribution in [0.25, 0.3) is 11.4 Å². The number of benzene rings is 1. The van der Waals surface area contributed by atoms with Gasteiger partial charge in [-0.05, 0) is 37.1 Å². The van der Waals surface area contributed by atoms with E-state index in [1.807, 2.05) is 12.1 Å². The van der Waals surface area contributed by atoms with Gasteiger partial charge in [0.05, 0.1) is 0 Å². The van der Waals surface area contributed by atoms with Crippen molar-refractivity contribution in [1.82, 2.24) is 15.5 Å². The quantitative estimate of drug-likeness (QED) is 0.854. The second kappa shape index (κ2) is 7.18. The predicted octanol–water partition coefficient (Wildman–Crippen LogP) is 3.98. The summed E-state index contributed by atoms with van der Waals surface area (Å²) in [5.41, 5.74) is 2.15. The molecule has 1 atom stereocenters. The lowest BCUT2D eigenvalue weighted by molar-refractivity contribution is 0.329. The van der Waals surface area contributed by atoms with Crippen LogP contribution in [0, 0.1) is 12.8 Å². The average Bonchev–Trinajstić information content (AvgIpc) is 2.86. The second-order valence-corrected chi connectivity index (χ2v) is 6.46. The standard InChI is InChI=1S/C16H22BrN3O/c1-5-18-14(10(2)3)9-15-19-16(20-21-15)12-7-6-11(4)8-13(12)17/h6-8,10,14,18H,5,9H2,1-4H3. The molecule has 0 fully saturated rings. The summed E-state index contributed by atoms with van der Waals surface area (Å²) in [6.07, 6.45) is 0.752. The lowest BCUT2D eigenvalue weighted by Gasteiger charge is -2.19. The van der Waals surface area contributed by atoms with Crippen molar-refractivity contribution >= 4 is 15.9 Å². The van der Waals surface area contributed by atoms with E-state index < -0.39 is 0 Å². The summed E-state index contributed by atoms with van der Waals surface area (Å²) >= 11 is 3.56. The topological polar surface area (TPSA) is 51.0 Å². The summed E-state index contributed by atoms with van der Waals surface area (Å²) < 4.78 is 6.40. The number of hydrogen-bond acceptors (Lipinski definition) is 4. The molecular weight excluding hydrogens is 330 g/mol. The molecule has 0 aliphatic heterocycles. The molecular formula is C16H22BrN3O. The van der Waals surface area contributed by atoms with E-state index in [0.717, 1.165) is 23.0 Å². The van der Waals surface area contributed by atoms with Gasteiger partial charge in [-0.1, -0.05) is 47.9 Å². The Morgan fingerprint density at radius 3 is 2.71 bits per heavy atom. The molecule has 114 valence electrons. The molecule has 0 aliphatic rings. The maximum atomic E-state index is 5.41. The van der Waals surface area contributed by atoms with Crippen LogP contribution in [0.15, 0.2) is 27.2 Å². The molecule has 1 aromatic heterocycles. The van der Waals surface area contributed by atoms with Gasteiger partial charge in [0.1, 0.15) is 0 Å². The van der Waals surface area contributed by atoms with E-state index in [9.17, 15) is 0 Å². The lowest BCUT2D eigenvalue weighted by atomic mass is 10.0. The van der Waals surface area contributed by atoms with Gasteiger partial charge in [0, 0.05) is 22.5 Å². The van der Waals surface area contributed by atoms with Crippen molar-refractivity contribution in [3.05, 3.63) is 34.1 Å². The second-order valence-electron chi connectivity index (χ2n) is 5.61. The van der Waals surface area contributed by atoms with Crippen LogP contribution in [0.3, 0.4) is 0 Å². The Labute approximate surface area is 134 Å². The zero-order valence-electron chi connectivity index (χ0n) is 13.0. The summed E-state index contributed by atoms with van der Waals surface area (Å²) in [7, 11) is 0. The molecule has 0 bridgehead atoms. The molecule has 0 spiro atoms. The van der Waals surface area contributed by atoms with Crippen LogP contribution in [-0.2, 0) is 6.42 Å². The van der Waals surface area contributed by atoms with Gasteiger partial charge in [0.25, 0.3) is 0 Å². The van der Waals surface area contributed by atoms with Crippen molar-refractivity contribution in [1.29, 1.82) is 0 Å². The van der Waals surface area contributed by atoms with Gasteiger partial charge >= 0.3 is 0 Å². The Hall–Kier alpha value is -1.20. The number of aromatic nitrogens is 2. The molecule has 2 rings (SSSR count). The molecule has 1 heterocycles. The van der Waals surface area contributed by atoms with Crippen LogP contribution >= 0.6 is 15.9 Å². The minimum absolute atomic E-state index is 0.352. The fourth-order valence-corrected chi connectivity index (χ4v) is 2.91. The fourth-order valence-electron chi connectivity index (χ4n) is 2.24. The van der Waals surface area contributed by atoms with Crippen LogP contribution in [0.5, 0.6) is 0 Å². The number of nitrogens with zero attached hydrogens (tertiary/aromatic N) is 2. The molecule has 4 nitrogen and oxygen atoms in total. The molecule has 0 amide bonds. The summed E-state index contributed by atoms with van der Waals surface area (Å²) in [6, 6.07) is 6.47. The molecule has 2 aromatic rings. The van der Waals surface area contributed by atoms with Crippen molar-refractivity contribution in [2.45, 2.75) is 40.2 Å². The minimum Gasteiger partial charge on any atom is -0.339 e. The third kappa shape index (κ3) is 4.14. The molecule has 0 aliphatic carbocycles. The highest BCUT2D eigenvalue weighted by Crippen LogP contribution is 2.27. The van der Waals surface area contributed by atoms with Crippen LogP contribution in [0.2, 0.25) is 0 Å². The highest BCUT2D eigenvalue weighted by molar-refractivity contribution is 9.10. The minimum atomic E-state index is 0.352. The lowest BCUT2D eigenvalue weighted by Crippen LogP contribution is -2.35. The highest BCUT2D eigenvalue weighted by Gasteiger charge is 2.18. The third-order valence-electron chi connectivity index (χ3n) is 3.50. The van der Waals surface area contributed by atoms with E-state index in [0.29, 0.717) is 23.7 Å². The van der Waals surface area contributed by atoms with Crippen LogP contribution in [0.1, 0.15) is 32.2 Å². The van der Waals surface area contributed by atoms with E-state index in [1.54, 1.807) is 0 Å². The van der Waals surface area contributed by atoms with E-state index in [-0.39, 0.29) is 0 Å². The number of halogens is 1. The van der Waals surface area contributed by atoms with Gasteiger partial charge < -0.3 is 9.84 Å². The van der Waals surface area contributed by atoms with Gasteiger partial charge in [0.2, 0.25) is 11.7 Å². The number of hydrogen-bond donors (Lipinski definition) is 1. The number of nitrogens with one attached hydrogen (secondary N) is 1. The SMILES string of the molecule is CCNC(Cc1nc(-c2ccc(C)cc2Br)no1)C(C)C. The molecule has 0 radical (unpaired) electrons. The zero-order chi connectivity index (χ0) is 15.4. The van der Waals surface area contributed by atoms with Crippen molar-refractivity contribution in [3.8, 4) is 11.4 Å². The molecule has 5 heteroatoms. The number of likely N-dealkylation sites (N-methyl/N-ethyl adjacent to an activating group) is 1. The molecule has 21 heavy (non-hydrogen) atoms. The van der Waals surface area contributed by atoms with Crippen LogP contribution < -0.4 is 5.32 Å². The first-order valence-electron chi connectivity index (χ1n) is 7.33. The van der Waals surface area contributed by atoms with E-state index in [4.69, 9.17) is 4.52 Å². The van der Waals surface area contributed by atoms with Crippen LogP contribution in [-0.4, -0.2) is 22.7 Å². The maximum Gasteiger partial charge on any atom is 0.228 e. The van der Waals surface area contributed by atoms with E-state index in [2.05, 4.69) is 65.1 Å². The molecule has 0 saturated carbocycles. The summed E-state index contributed by atoms with van der Waals surface area (Å²) in [6.45, 7) is 9.49. The molecule has 1 aromatic carbocycles. The largest absolute Gasteiger partial charge is 0.339 e. The number of rotatable bonds is 6. The normalized spacial score (nSPS) is 12.9. The monoisotopic (exact) mass is 351 g/mol. The van der Waals surface area contributed by atoms with Crippen molar-refractivity contribution in [2.75, 3.05) is 6.54 Å². The Bertz CT molecular complexity index is 595. The van der Waals surface area contributed by atoms with E-state index in [1.165, 1.54) is 5.56 Å². The Kier molecular flexibility index (Phi) is 5.53. The van der Waals surface area contributed by atoms with Crippen molar-refractivity contribution in [2.24, 2.45) is 5.92 Å². The Balaban J connectivity index is 2.17. The maximum absolute atomic E-state index is 5.41. The van der Waals surface area contributed by atoms with Gasteiger partial charge in [-0.15, -0.1) is 0 Å². The first kappa shape index (κ1) is 16.2. The highest BCUT2D eigenvalue weighted by atomic mass is 79.9. The first-order chi connectivity index (χ1) is 10.0. The first-order valence-corrected chi connectivity index (χ1v) is 8.13. The molecule has 0 saturated heterocycles. The summed E-state index contributed by atoms with van der Waals surface area (Å²) in [5.74, 6) is 1.83. The third-order valence-corrected chi connectivity index (χ3v) is 4.16. The van der Waals surface area contributed by atoms with Crippen LogP contribution in [0.4, 0.5) is 0 Å². The molecule has 1 unspecified atom stereocenters. The zero-order valence-corrected chi connectivity index (χ0v) is 14.6. The Morgan fingerprint density at radius 2 is 2.10 bits per heavy atom.